The molecule has 0 saturated heterocycles. The van der Waals surface area contributed by atoms with E-state index >= 15 is 0 Å². The number of nitrogens with zero attached hydrogens (tertiary/aromatic N) is 1. The Morgan fingerprint density at radius 1 is 1.25 bits per heavy atom. The highest BCUT2D eigenvalue weighted by atomic mass is 19.1. The minimum atomic E-state index is -1.03. The van der Waals surface area contributed by atoms with E-state index in [4.69, 9.17) is 4.74 Å². The second-order valence-electron chi connectivity index (χ2n) is 5.31. The summed E-state index contributed by atoms with van der Waals surface area (Å²) in [6.45, 7) is -0.0878. The molecule has 0 fully saturated rings. The molecule has 0 radical (unpaired) electrons. The molecule has 2 rings (SSSR count). The van der Waals surface area contributed by atoms with Gasteiger partial charge in [0.15, 0.2) is 0 Å². The molecule has 0 bridgehead atoms. The van der Waals surface area contributed by atoms with Crippen molar-refractivity contribution < 1.29 is 28.4 Å². The summed E-state index contributed by atoms with van der Waals surface area (Å²) in [7, 11) is 1.03. The number of amides is 1. The fraction of sp³-hybridized carbons (Fsp3) is 0.158. The van der Waals surface area contributed by atoms with Gasteiger partial charge < -0.3 is 14.8 Å². The first kappa shape index (κ1) is 20.4. The number of esters is 1. The minimum absolute atomic E-state index is 0.0793. The first-order chi connectivity index (χ1) is 13.4. The third-order valence-corrected chi connectivity index (χ3v) is 3.44. The predicted octanol–water partition coefficient (Wildman–Crippen LogP) is 2.80. The number of carbonyl (C=O) groups is 2. The van der Waals surface area contributed by atoms with Crippen LogP contribution in [-0.4, -0.2) is 30.6 Å². The largest absolute Gasteiger partial charge is 0.465 e. The summed E-state index contributed by atoms with van der Waals surface area (Å²) in [6, 6.07) is 10.6. The zero-order valence-electron chi connectivity index (χ0n) is 14.7. The third-order valence-electron chi connectivity index (χ3n) is 3.44. The van der Waals surface area contributed by atoms with Crippen LogP contribution in [-0.2, 0) is 16.1 Å². The second-order valence-corrected chi connectivity index (χ2v) is 5.31. The van der Waals surface area contributed by atoms with E-state index in [1.54, 1.807) is 24.3 Å². The van der Waals surface area contributed by atoms with Crippen LogP contribution < -0.4 is 5.32 Å². The topological polar surface area (TPSA) is 108 Å². The van der Waals surface area contributed by atoms with Crippen molar-refractivity contribution >= 4 is 17.7 Å². The maximum absolute atomic E-state index is 14.0. The summed E-state index contributed by atoms with van der Waals surface area (Å²) in [4.78, 5) is 33.3. The molecule has 0 aliphatic rings. The van der Waals surface area contributed by atoms with E-state index in [1.165, 1.54) is 0 Å². The van der Waals surface area contributed by atoms with Crippen molar-refractivity contribution in [2.24, 2.45) is 0 Å². The summed E-state index contributed by atoms with van der Waals surface area (Å²) in [5.41, 5.74) is -0.631. The lowest BCUT2D eigenvalue weighted by Gasteiger charge is -2.04. The Morgan fingerprint density at radius 2 is 1.96 bits per heavy atom. The Balaban J connectivity index is 1.99. The molecule has 9 heteroatoms. The van der Waals surface area contributed by atoms with Gasteiger partial charge in [0.25, 0.3) is 5.69 Å². The van der Waals surface area contributed by atoms with Gasteiger partial charge in [-0.3, -0.25) is 10.1 Å². The lowest BCUT2D eigenvalue weighted by Crippen LogP contribution is -2.24. The number of methoxy groups -OCH3 is 1. The minimum Gasteiger partial charge on any atom is -0.465 e. The van der Waals surface area contributed by atoms with Crippen LogP contribution in [0.5, 0.6) is 0 Å². The van der Waals surface area contributed by atoms with E-state index in [9.17, 15) is 24.1 Å². The van der Waals surface area contributed by atoms with E-state index in [2.05, 4.69) is 21.9 Å². The third kappa shape index (κ3) is 5.54. The van der Waals surface area contributed by atoms with Gasteiger partial charge in [-0.25, -0.2) is 14.0 Å². The average molecular weight is 386 g/mol. The molecule has 1 N–H and O–H groups in total. The van der Waals surface area contributed by atoms with Gasteiger partial charge in [-0.15, -0.1) is 0 Å². The van der Waals surface area contributed by atoms with Crippen molar-refractivity contribution in [3.05, 3.63) is 75.1 Å². The molecule has 0 aliphatic carbocycles. The molecule has 0 spiro atoms. The Kier molecular flexibility index (Phi) is 7.05. The SMILES string of the molecule is COC(=O)c1cc(F)c(C#CCNC(=O)OCc2ccccc2)cc1[N+](=O)[O-]. The van der Waals surface area contributed by atoms with Crippen molar-refractivity contribution in [2.45, 2.75) is 6.61 Å². The molecular weight excluding hydrogens is 371 g/mol. The molecule has 0 aromatic heterocycles. The van der Waals surface area contributed by atoms with Crippen molar-refractivity contribution in [2.75, 3.05) is 13.7 Å². The number of halogens is 1. The summed E-state index contributed by atoms with van der Waals surface area (Å²) < 4.78 is 23.4. The number of rotatable bonds is 5. The van der Waals surface area contributed by atoms with Gasteiger partial charge in [0, 0.05) is 6.07 Å². The van der Waals surface area contributed by atoms with Crippen LogP contribution in [0.25, 0.3) is 0 Å². The smallest absolute Gasteiger partial charge is 0.408 e. The van der Waals surface area contributed by atoms with E-state index in [0.29, 0.717) is 6.07 Å². The Morgan fingerprint density at radius 3 is 2.61 bits per heavy atom. The van der Waals surface area contributed by atoms with Gasteiger partial charge in [-0.05, 0) is 11.6 Å². The summed E-state index contributed by atoms with van der Waals surface area (Å²) >= 11 is 0. The highest BCUT2D eigenvalue weighted by Gasteiger charge is 2.23. The standard InChI is InChI=1S/C19H15FN2O6/c1-27-18(23)15-11-16(20)14(10-17(15)22(25)26)8-5-9-21-19(24)28-12-13-6-3-2-4-7-13/h2-4,6-7,10-11H,9,12H2,1H3,(H,21,24). The maximum Gasteiger partial charge on any atom is 0.408 e. The molecule has 0 unspecified atom stereocenters. The highest BCUT2D eigenvalue weighted by molar-refractivity contribution is 5.94. The fourth-order valence-electron chi connectivity index (χ4n) is 2.11. The van der Waals surface area contributed by atoms with Crippen LogP contribution in [0.2, 0.25) is 0 Å². The summed E-state index contributed by atoms with van der Waals surface area (Å²) in [6.07, 6.45) is -0.717. The quantitative estimate of drug-likeness (QED) is 0.366. The zero-order chi connectivity index (χ0) is 20.5. The number of benzene rings is 2. The molecule has 2 aromatic carbocycles. The van der Waals surface area contributed by atoms with Gasteiger partial charge in [-0.1, -0.05) is 42.2 Å². The summed E-state index contributed by atoms with van der Waals surface area (Å²) in [5.74, 6) is 2.87. The number of nitro groups is 1. The molecule has 0 atom stereocenters. The van der Waals surface area contributed by atoms with Gasteiger partial charge in [-0.2, -0.15) is 0 Å². The molecule has 0 saturated carbocycles. The predicted molar refractivity (Wildman–Crippen MR) is 95.9 cm³/mol. The van der Waals surface area contributed by atoms with Gasteiger partial charge in [0.2, 0.25) is 0 Å². The van der Waals surface area contributed by atoms with Crippen LogP contribution in [0.3, 0.4) is 0 Å². The number of carbonyl (C=O) groups excluding carboxylic acids is 2. The Labute approximate surface area is 159 Å². The molecule has 2 aromatic rings. The normalized spacial score (nSPS) is 9.64. The van der Waals surface area contributed by atoms with Crippen molar-refractivity contribution in [1.29, 1.82) is 0 Å². The lowest BCUT2D eigenvalue weighted by atomic mass is 10.1. The van der Waals surface area contributed by atoms with Crippen molar-refractivity contribution in [1.82, 2.24) is 5.32 Å². The van der Waals surface area contributed by atoms with E-state index in [1.807, 2.05) is 6.07 Å². The van der Waals surface area contributed by atoms with Gasteiger partial charge >= 0.3 is 12.1 Å². The zero-order valence-corrected chi connectivity index (χ0v) is 14.7. The average Bonchev–Trinajstić information content (AvgIpc) is 2.70. The molecule has 8 nitrogen and oxygen atoms in total. The number of nitrogens with one attached hydrogen (secondary N) is 1. The first-order valence-corrected chi connectivity index (χ1v) is 7.92. The van der Waals surface area contributed by atoms with Crippen LogP contribution >= 0.6 is 0 Å². The van der Waals surface area contributed by atoms with Crippen LogP contribution in [0.1, 0.15) is 21.5 Å². The molecule has 1 amide bonds. The van der Waals surface area contributed by atoms with Gasteiger partial charge in [0.05, 0.1) is 24.1 Å². The Bertz CT molecular complexity index is 950. The lowest BCUT2D eigenvalue weighted by molar-refractivity contribution is -0.385. The van der Waals surface area contributed by atoms with Crippen molar-refractivity contribution in [3.63, 3.8) is 0 Å². The fourth-order valence-corrected chi connectivity index (χ4v) is 2.11. The Hall–Kier alpha value is -3.93. The summed E-state index contributed by atoms with van der Waals surface area (Å²) in [5, 5.41) is 13.4. The first-order valence-electron chi connectivity index (χ1n) is 7.92. The van der Waals surface area contributed by atoms with Crippen LogP contribution in [0, 0.1) is 27.8 Å². The molecular formula is C19H15FN2O6. The number of alkyl carbamates (subject to hydrolysis) is 1. The highest BCUT2D eigenvalue weighted by Crippen LogP contribution is 2.23. The second kappa shape index (κ2) is 9.68. The number of hydrogen-bond donors (Lipinski definition) is 1. The number of ether oxygens (including phenoxy) is 2. The molecule has 28 heavy (non-hydrogen) atoms. The molecule has 0 heterocycles. The number of nitro benzene ring substituents is 1. The van der Waals surface area contributed by atoms with Crippen LogP contribution in [0.15, 0.2) is 42.5 Å². The van der Waals surface area contributed by atoms with Gasteiger partial charge in [0.1, 0.15) is 18.0 Å². The molecule has 0 aliphatic heterocycles. The molecule has 144 valence electrons. The number of hydrogen-bond acceptors (Lipinski definition) is 6. The van der Waals surface area contributed by atoms with E-state index in [0.717, 1.165) is 18.7 Å². The van der Waals surface area contributed by atoms with E-state index < -0.39 is 34.1 Å². The van der Waals surface area contributed by atoms with Crippen LogP contribution in [0.4, 0.5) is 14.9 Å². The van der Waals surface area contributed by atoms with E-state index in [-0.39, 0.29) is 18.7 Å². The van der Waals surface area contributed by atoms with Crippen molar-refractivity contribution in [3.8, 4) is 11.8 Å². The monoisotopic (exact) mass is 386 g/mol. The maximum atomic E-state index is 14.0.